The number of rotatable bonds is 18. The summed E-state index contributed by atoms with van der Waals surface area (Å²) in [5, 5.41) is 54.8. The van der Waals surface area contributed by atoms with Crippen LogP contribution >= 0.6 is 44.3 Å². The molecule has 556 valence electrons. The molecular weight excluding hydrogens is 1480 g/mol. The van der Waals surface area contributed by atoms with Crippen molar-refractivity contribution in [2.24, 2.45) is 5.73 Å². The van der Waals surface area contributed by atoms with Gasteiger partial charge in [-0.3, -0.25) is 49.3 Å². The number of aliphatic hydroxyl groups is 1. The second-order valence-electron chi connectivity index (χ2n) is 27.1. The van der Waals surface area contributed by atoms with Crippen LogP contribution in [0.5, 0.6) is 0 Å². The summed E-state index contributed by atoms with van der Waals surface area (Å²) >= 11 is 6.66. The second-order valence-corrected chi connectivity index (χ2v) is 30.4. The first kappa shape index (κ1) is 89.0. The van der Waals surface area contributed by atoms with Gasteiger partial charge in [0, 0.05) is 111 Å². The zero-order valence-corrected chi connectivity index (χ0v) is 65.5. The number of aliphatic hydroxyl groups excluding tert-OH is 1. The molecule has 0 bridgehead atoms. The van der Waals surface area contributed by atoms with Crippen molar-refractivity contribution in [3.63, 3.8) is 0 Å². The summed E-state index contributed by atoms with van der Waals surface area (Å²) in [5.41, 5.74) is 11.2. The zero-order valence-electron chi connectivity index (χ0n) is 60.7. The maximum atomic E-state index is 11.3. The van der Waals surface area contributed by atoms with Gasteiger partial charge in [0.25, 0.3) is 10.1 Å². The molecule has 0 spiro atoms. The van der Waals surface area contributed by atoms with Gasteiger partial charge in [0.2, 0.25) is 0 Å². The van der Waals surface area contributed by atoms with Crippen molar-refractivity contribution in [3.05, 3.63) is 211 Å². The number of carboxylic acid groups (broad SMARTS) is 1. The summed E-state index contributed by atoms with van der Waals surface area (Å²) in [5.74, 6) is -0.448. The average Bonchev–Trinajstić information content (AvgIpc) is 1.63. The van der Waals surface area contributed by atoms with Crippen molar-refractivity contribution in [3.8, 4) is 18.2 Å². The molecule has 0 amide bonds. The molecule has 5 N–H and O–H groups in total. The van der Waals surface area contributed by atoms with Gasteiger partial charge in [-0.2, -0.15) is 24.2 Å². The number of hydrogen-bond acceptors (Lipinski definition) is 16. The van der Waals surface area contributed by atoms with E-state index in [-0.39, 0.29) is 58.5 Å². The average molecular weight is 1580 g/mol. The minimum absolute atomic E-state index is 0. The fourth-order valence-electron chi connectivity index (χ4n) is 14.7. The van der Waals surface area contributed by atoms with E-state index in [4.69, 9.17) is 25.8 Å². The minimum Gasteiger partial charge on any atom is -0.481 e. The van der Waals surface area contributed by atoms with Crippen LogP contribution in [-0.4, -0.2) is 103 Å². The van der Waals surface area contributed by atoms with Crippen molar-refractivity contribution < 1.29 is 27.6 Å². The Hall–Kier alpha value is -7.36. The lowest BCUT2D eigenvalue weighted by molar-refractivity contribution is -0.143. The first-order valence-electron chi connectivity index (χ1n) is 36.2. The maximum Gasteiger partial charge on any atom is 0.315 e. The third-order valence-electron chi connectivity index (χ3n) is 20.2. The molecule has 6 fully saturated rings. The molecule has 7 aromatic heterocycles. The molecule has 6 saturated carbocycles. The summed E-state index contributed by atoms with van der Waals surface area (Å²) in [4.78, 5) is 41.2. The van der Waals surface area contributed by atoms with Crippen molar-refractivity contribution in [1.29, 1.82) is 21.2 Å². The minimum atomic E-state index is -3.39. The Morgan fingerprint density at radius 3 is 1.18 bits per heavy atom. The van der Waals surface area contributed by atoms with Crippen molar-refractivity contribution in [1.82, 2.24) is 34.9 Å². The third kappa shape index (κ3) is 27.8. The molecule has 0 unspecified atom stereocenters. The van der Waals surface area contributed by atoms with Gasteiger partial charge < -0.3 is 15.9 Å². The number of nitrogens with two attached hydrogens (primary N) is 1. The van der Waals surface area contributed by atoms with E-state index in [2.05, 4.69) is 98.9 Å². The molecule has 104 heavy (non-hydrogen) atoms. The summed E-state index contributed by atoms with van der Waals surface area (Å²) in [6, 6.07) is 47.3. The van der Waals surface area contributed by atoms with Crippen LogP contribution in [0, 0.1) is 39.4 Å². The number of carboxylic acids is 1. The highest BCUT2D eigenvalue weighted by atomic mass is 79.9. The van der Waals surface area contributed by atoms with E-state index in [9.17, 15) is 28.7 Å². The Morgan fingerprint density at radius 2 is 0.846 bits per heavy atom. The van der Waals surface area contributed by atoms with Crippen LogP contribution < -0.4 is 5.73 Å². The summed E-state index contributed by atoms with van der Waals surface area (Å²) < 4.78 is 27.2. The Bertz CT molecular complexity index is 3720. The molecular formula is C81H106BBr2ClN12O6S. The van der Waals surface area contributed by atoms with E-state index < -0.39 is 21.5 Å². The molecule has 6 aliphatic carbocycles. The molecule has 13 rings (SSSR count). The van der Waals surface area contributed by atoms with Gasteiger partial charge in [0.1, 0.15) is 5.41 Å². The smallest absolute Gasteiger partial charge is 0.315 e. The molecule has 0 saturated heterocycles. The number of carbonyl (C=O) groups is 1. The molecule has 7 heterocycles. The monoisotopic (exact) mass is 1580 g/mol. The summed E-state index contributed by atoms with van der Waals surface area (Å²) in [6.07, 6.45) is 43.4. The highest BCUT2D eigenvalue weighted by Crippen LogP contribution is 2.46. The quantitative estimate of drug-likeness (QED) is 0.0155. The Morgan fingerprint density at radius 1 is 0.510 bits per heavy atom. The molecule has 0 atom stereocenters. The fourth-order valence-corrected chi connectivity index (χ4v) is 15.9. The molecule has 7 aromatic rings. The number of aromatic nitrogens is 7. The summed E-state index contributed by atoms with van der Waals surface area (Å²) in [6.45, 7) is 1.95. The predicted octanol–water partition coefficient (Wildman–Crippen LogP) is 17.5. The number of amidine groups is 1. The maximum absolute atomic E-state index is 11.3. The highest BCUT2D eigenvalue weighted by Gasteiger charge is 2.45. The van der Waals surface area contributed by atoms with Crippen LogP contribution in [0.1, 0.15) is 220 Å². The van der Waals surface area contributed by atoms with Gasteiger partial charge in [-0.05, 0) is 175 Å². The van der Waals surface area contributed by atoms with Crippen molar-refractivity contribution >= 4 is 74.0 Å². The van der Waals surface area contributed by atoms with Gasteiger partial charge in [-0.15, -0.1) is 12.4 Å². The van der Waals surface area contributed by atoms with Gasteiger partial charge in [0.15, 0.2) is 0 Å². The zero-order chi connectivity index (χ0) is 74.6. The van der Waals surface area contributed by atoms with Gasteiger partial charge in [-0.1, -0.05) is 158 Å². The number of nitrogens with zero attached hydrogens (tertiary/aromatic N) is 10. The first-order valence-corrected chi connectivity index (χ1v) is 40.3. The fraction of sp³-hybridized carbons (Fsp3) is 0.506. The molecule has 0 aliphatic heterocycles. The molecule has 18 nitrogen and oxygen atoms in total. The number of pyridine rings is 7. The Kier molecular flexibility index (Phi) is 41.1. The van der Waals surface area contributed by atoms with E-state index in [1.54, 1.807) is 24.8 Å². The topological polar surface area (TPSA) is 312 Å². The van der Waals surface area contributed by atoms with Gasteiger partial charge in [0.05, 0.1) is 80.3 Å². The lowest BCUT2D eigenvalue weighted by Crippen LogP contribution is -2.33. The van der Waals surface area contributed by atoms with Crippen LogP contribution in [0.4, 0.5) is 0 Å². The van der Waals surface area contributed by atoms with Crippen LogP contribution in [0.15, 0.2) is 171 Å². The predicted molar refractivity (Wildman–Crippen MR) is 423 cm³/mol. The van der Waals surface area contributed by atoms with E-state index in [0.29, 0.717) is 25.0 Å². The molecule has 6 aliphatic rings. The SMILES string of the molecule is BrCCCCBr.CS(=O)(=O)OCC1(c2ccccn2)CCCC1.Cl.N#CC1(c2ccccn2)CCCC1.N#CCC1(c2ccccn2)CCCC1.N#CCc1ccccn1.N=C(N)CC1(c2ccccn2)CCCC1.O=C(O)C1(c2ccccn2)CCCC1.OCC1(c2ccccn2)CCCC1.[B]C. The number of nitrogens with one attached hydrogen (secondary N) is 1. The number of halogens is 3. The normalized spacial score (nSPS) is 17.4. The lowest BCUT2D eigenvalue weighted by Gasteiger charge is -2.27. The number of alkyl halides is 2. The highest BCUT2D eigenvalue weighted by molar-refractivity contribution is 9.09. The van der Waals surface area contributed by atoms with Crippen LogP contribution in [0.2, 0.25) is 6.82 Å². The lowest BCUT2D eigenvalue weighted by atomic mass is 9.79. The standard InChI is InChI=1S/C12H17N3.C12H14N2.C12H17NO3S.C11H12N2.C11H13NO2.C11H15NO.C7H6N2.C4H8Br2.CH3B.ClH/c13-11(14)9-12(6-2-3-7-12)10-5-1-4-8-15-10;13-9-8-12(6-2-3-7-12)11-5-1-4-10-14-11;1-17(14,15)16-10-12(7-3-4-8-12)11-6-2-5-9-13-11;12-9-11(6-2-3-7-11)10-5-1-4-8-13-10;13-10(14)11(6-2-3-7-11)9-5-1-4-8-12-9;13-9-11(6-2-3-7-11)10-5-1-4-8-12-10;8-5-4-7-3-1-2-6-9-7;5-3-1-2-4-6;1-2;/h1,4-5,8H,2-3,6-7,9H2,(H3,13,14);1,4-5,10H,2-3,6-8H2;2,5-6,9H,3-4,7-8,10H2,1H3;1,4-5,8H,2-3,6-7H2;1,4-5,8H,2-3,6-7H2,(H,13,14);1,4-5,8,13H,2-3,6-7,9H2;1-3,6H,4H2;1-4H2;1H3;1H. The number of nitriles is 3. The third-order valence-corrected chi connectivity index (χ3v) is 21.9. The summed E-state index contributed by atoms with van der Waals surface area (Å²) in [7, 11) is 1.11. The van der Waals surface area contributed by atoms with E-state index in [1.165, 1.54) is 58.2 Å². The van der Waals surface area contributed by atoms with Crippen molar-refractivity contribution in [2.75, 3.05) is 30.1 Å². The number of hydrogen-bond donors (Lipinski definition) is 4. The van der Waals surface area contributed by atoms with Crippen molar-refractivity contribution in [2.45, 2.75) is 226 Å². The Labute approximate surface area is 643 Å². The molecule has 23 heteroatoms. The van der Waals surface area contributed by atoms with E-state index in [0.717, 1.165) is 167 Å². The Balaban J connectivity index is 0.000000253. The largest absolute Gasteiger partial charge is 0.481 e. The molecule has 0 aromatic carbocycles. The van der Waals surface area contributed by atoms with Crippen LogP contribution in [0.3, 0.4) is 0 Å². The van der Waals surface area contributed by atoms with E-state index in [1.807, 2.05) is 140 Å². The van der Waals surface area contributed by atoms with Gasteiger partial charge >= 0.3 is 5.97 Å². The number of aliphatic carboxylic acids is 1. The van der Waals surface area contributed by atoms with Crippen LogP contribution in [-0.2, 0) is 58.0 Å². The second kappa shape index (κ2) is 48.0. The number of unbranched alkanes of at least 4 members (excludes halogenated alkanes) is 1. The molecule has 2 radical (unpaired) electrons. The first-order chi connectivity index (χ1) is 50.0. The van der Waals surface area contributed by atoms with Gasteiger partial charge in [-0.25, -0.2) is 0 Å². The van der Waals surface area contributed by atoms with E-state index >= 15 is 0 Å². The van der Waals surface area contributed by atoms with Crippen LogP contribution in [0.25, 0.3) is 0 Å².